The fourth-order valence-corrected chi connectivity index (χ4v) is 4.55. The van der Waals surface area contributed by atoms with Crippen LogP contribution in [0.15, 0.2) is 60.8 Å². The molecule has 1 aromatic heterocycles. The molecule has 4 rings (SSSR count). The molecule has 1 saturated carbocycles. The largest absolute Gasteiger partial charge is 0.375 e. The molecule has 1 atom stereocenters. The van der Waals surface area contributed by atoms with Gasteiger partial charge in [0.05, 0.1) is 6.04 Å². The number of Topliss-reactive ketones (excluding diaryl/α,β-unsaturated/α-hetero) is 1. The highest BCUT2D eigenvalue weighted by molar-refractivity contribution is 6.11. The Balaban J connectivity index is 1.65. The summed E-state index contributed by atoms with van der Waals surface area (Å²) in [5, 5.41) is 4.63. The van der Waals surface area contributed by atoms with Crippen molar-refractivity contribution in [1.29, 1.82) is 0 Å². The molecule has 0 saturated heterocycles. The number of para-hydroxylation sites is 2. The monoisotopic (exact) mass is 374 g/mol. The molecule has 0 amide bonds. The van der Waals surface area contributed by atoms with Crippen LogP contribution in [0.5, 0.6) is 0 Å². The minimum absolute atomic E-state index is 0.181. The Morgan fingerprint density at radius 1 is 0.857 bits per heavy atom. The van der Waals surface area contributed by atoms with Gasteiger partial charge in [-0.05, 0) is 37.0 Å². The van der Waals surface area contributed by atoms with Gasteiger partial charge in [-0.3, -0.25) is 4.79 Å². The average Bonchev–Trinajstić information content (AvgIpc) is 3.21. The van der Waals surface area contributed by atoms with Crippen molar-refractivity contribution in [3.8, 4) is 0 Å². The first kappa shape index (κ1) is 18.8. The van der Waals surface area contributed by atoms with E-state index in [9.17, 15) is 4.79 Å². The second kappa shape index (κ2) is 9.09. The Labute approximate surface area is 167 Å². The first-order valence-electron chi connectivity index (χ1n) is 10.7. The Morgan fingerprint density at radius 3 is 2.25 bits per heavy atom. The van der Waals surface area contributed by atoms with Gasteiger partial charge in [-0.1, -0.05) is 74.9 Å². The third-order valence-corrected chi connectivity index (χ3v) is 6.10. The molecule has 2 aromatic carbocycles. The van der Waals surface area contributed by atoms with Crippen LogP contribution in [0.4, 0.5) is 5.69 Å². The molecule has 0 aliphatic heterocycles. The van der Waals surface area contributed by atoms with Crippen LogP contribution in [-0.4, -0.2) is 16.8 Å². The van der Waals surface area contributed by atoms with E-state index in [0.717, 1.165) is 35.0 Å². The van der Waals surface area contributed by atoms with Crippen LogP contribution in [0.3, 0.4) is 0 Å². The van der Waals surface area contributed by atoms with Gasteiger partial charge in [0.15, 0.2) is 5.78 Å². The summed E-state index contributed by atoms with van der Waals surface area (Å²) >= 11 is 0. The van der Waals surface area contributed by atoms with Crippen molar-refractivity contribution in [2.24, 2.45) is 5.92 Å². The number of nitrogens with one attached hydrogen (secondary N) is 2. The van der Waals surface area contributed by atoms with Crippen molar-refractivity contribution in [2.45, 2.75) is 57.4 Å². The van der Waals surface area contributed by atoms with Crippen LogP contribution >= 0.6 is 0 Å². The third-order valence-electron chi connectivity index (χ3n) is 6.10. The molecule has 3 heteroatoms. The van der Waals surface area contributed by atoms with Crippen molar-refractivity contribution in [3.63, 3.8) is 0 Å². The highest BCUT2D eigenvalue weighted by atomic mass is 16.1. The number of anilines is 1. The number of hydrogen-bond acceptors (Lipinski definition) is 2. The Bertz CT molecular complexity index is 889. The molecule has 3 aromatic rings. The average molecular weight is 375 g/mol. The first-order chi connectivity index (χ1) is 13.8. The molecule has 0 radical (unpaired) electrons. The van der Waals surface area contributed by atoms with E-state index in [-0.39, 0.29) is 11.8 Å². The number of carbonyl (C=O) groups is 1. The molecule has 28 heavy (non-hydrogen) atoms. The zero-order valence-corrected chi connectivity index (χ0v) is 16.5. The van der Waals surface area contributed by atoms with Crippen molar-refractivity contribution < 1.29 is 4.79 Å². The number of H-pyrrole nitrogens is 1. The summed E-state index contributed by atoms with van der Waals surface area (Å²) in [5.41, 5.74) is 2.86. The minimum atomic E-state index is -0.181. The normalized spacial score (nSPS) is 17.4. The molecule has 1 aliphatic carbocycles. The first-order valence-corrected chi connectivity index (χ1v) is 10.7. The van der Waals surface area contributed by atoms with E-state index in [4.69, 9.17) is 0 Å². The van der Waals surface area contributed by atoms with Crippen molar-refractivity contribution >= 4 is 22.4 Å². The van der Waals surface area contributed by atoms with Gasteiger partial charge >= 0.3 is 0 Å². The maximum absolute atomic E-state index is 13.7. The van der Waals surface area contributed by atoms with E-state index in [1.54, 1.807) is 0 Å². The summed E-state index contributed by atoms with van der Waals surface area (Å²) in [6.45, 7) is 0. The smallest absolute Gasteiger partial charge is 0.187 e. The van der Waals surface area contributed by atoms with Crippen LogP contribution in [0, 0.1) is 5.92 Å². The Hall–Kier alpha value is -2.55. The predicted molar refractivity (Wildman–Crippen MR) is 117 cm³/mol. The molecule has 146 valence electrons. The fourth-order valence-electron chi connectivity index (χ4n) is 4.55. The molecule has 1 fully saturated rings. The summed E-state index contributed by atoms with van der Waals surface area (Å²) in [7, 11) is 0. The van der Waals surface area contributed by atoms with Gasteiger partial charge in [0.1, 0.15) is 0 Å². The van der Waals surface area contributed by atoms with E-state index in [1.165, 1.54) is 38.5 Å². The Morgan fingerprint density at radius 2 is 1.50 bits per heavy atom. The maximum Gasteiger partial charge on any atom is 0.187 e. The second-order valence-corrected chi connectivity index (χ2v) is 8.06. The van der Waals surface area contributed by atoms with Crippen LogP contribution in [-0.2, 0) is 0 Å². The fraction of sp³-hybridized carbons (Fsp3) is 0.400. The van der Waals surface area contributed by atoms with E-state index in [0.29, 0.717) is 5.92 Å². The van der Waals surface area contributed by atoms with Crippen LogP contribution < -0.4 is 5.32 Å². The number of fused-ring (bicyclic) bond motifs is 1. The summed E-state index contributed by atoms with van der Waals surface area (Å²) in [6.07, 6.45) is 11.8. The number of aromatic nitrogens is 1. The number of carbonyl (C=O) groups excluding carboxylic acids is 1. The molecule has 1 heterocycles. The van der Waals surface area contributed by atoms with Gasteiger partial charge in [0, 0.05) is 28.4 Å². The lowest BCUT2D eigenvalue weighted by molar-refractivity contribution is 0.0937. The zero-order valence-electron chi connectivity index (χ0n) is 16.5. The summed E-state index contributed by atoms with van der Waals surface area (Å²) in [4.78, 5) is 17.0. The van der Waals surface area contributed by atoms with Gasteiger partial charge in [-0.15, -0.1) is 0 Å². The molecule has 0 bridgehead atoms. The topological polar surface area (TPSA) is 44.9 Å². The van der Waals surface area contributed by atoms with Crippen molar-refractivity contribution in [3.05, 3.63) is 66.4 Å². The van der Waals surface area contributed by atoms with Crippen molar-refractivity contribution in [2.75, 3.05) is 5.32 Å². The van der Waals surface area contributed by atoms with Gasteiger partial charge in [0.2, 0.25) is 0 Å². The summed E-state index contributed by atoms with van der Waals surface area (Å²) < 4.78 is 0. The van der Waals surface area contributed by atoms with Crippen LogP contribution in [0.25, 0.3) is 10.9 Å². The zero-order chi connectivity index (χ0) is 19.2. The minimum Gasteiger partial charge on any atom is -0.375 e. The standard InChI is InChI=1S/C25H30N2O/c28-25(22-18-26-23-17-11-10-16-21(22)23)24(27-20-14-8-5-9-15-20)19-12-6-3-1-2-4-7-13-19/h5,8-11,14-19,24,26-27H,1-4,6-7,12-13H2. The van der Waals surface area contributed by atoms with E-state index in [1.807, 2.05) is 48.7 Å². The maximum atomic E-state index is 13.7. The van der Waals surface area contributed by atoms with E-state index >= 15 is 0 Å². The third kappa shape index (κ3) is 4.30. The molecule has 1 aliphatic rings. The van der Waals surface area contributed by atoms with Gasteiger partial charge < -0.3 is 10.3 Å². The SMILES string of the molecule is O=C(c1c[nH]c2ccccc12)C(Nc1ccccc1)C1CCCCCCCC1. The van der Waals surface area contributed by atoms with Crippen LogP contribution in [0.2, 0.25) is 0 Å². The van der Waals surface area contributed by atoms with Crippen LogP contribution in [0.1, 0.15) is 61.7 Å². The molecule has 0 spiro atoms. The van der Waals surface area contributed by atoms with Crippen molar-refractivity contribution in [1.82, 2.24) is 4.98 Å². The quantitative estimate of drug-likeness (QED) is 0.495. The van der Waals surface area contributed by atoms with E-state index in [2.05, 4.69) is 22.4 Å². The summed E-state index contributed by atoms with van der Waals surface area (Å²) in [6, 6.07) is 18.1. The van der Waals surface area contributed by atoms with Gasteiger partial charge in [0.25, 0.3) is 0 Å². The molecule has 3 nitrogen and oxygen atoms in total. The lowest BCUT2D eigenvalue weighted by Crippen LogP contribution is -2.37. The Kier molecular flexibility index (Phi) is 6.11. The number of aromatic amines is 1. The highest BCUT2D eigenvalue weighted by Crippen LogP contribution is 2.30. The van der Waals surface area contributed by atoms with E-state index < -0.39 is 0 Å². The number of hydrogen-bond donors (Lipinski definition) is 2. The molecule has 2 N–H and O–H groups in total. The van der Waals surface area contributed by atoms with Gasteiger partial charge in [-0.2, -0.15) is 0 Å². The molecular formula is C25H30N2O. The lowest BCUT2D eigenvalue weighted by atomic mass is 9.85. The number of ketones is 1. The second-order valence-electron chi connectivity index (χ2n) is 8.06. The van der Waals surface area contributed by atoms with Gasteiger partial charge in [-0.25, -0.2) is 0 Å². The predicted octanol–water partition coefficient (Wildman–Crippen LogP) is 6.58. The number of benzene rings is 2. The lowest BCUT2D eigenvalue weighted by Gasteiger charge is -2.28. The molecule has 1 unspecified atom stereocenters. The summed E-state index contributed by atoms with van der Waals surface area (Å²) in [5.74, 6) is 0.588. The molecular weight excluding hydrogens is 344 g/mol. The highest BCUT2D eigenvalue weighted by Gasteiger charge is 2.30. The number of rotatable bonds is 5.